The van der Waals surface area contributed by atoms with E-state index in [9.17, 15) is 48.8 Å². The molecule has 2 aromatic carbocycles. The van der Waals surface area contributed by atoms with Gasteiger partial charge < -0.3 is 47.3 Å². The van der Waals surface area contributed by atoms with Crippen molar-refractivity contribution in [2.24, 2.45) is 0 Å². The number of rotatable bonds is 29. The Kier molecular flexibility index (Phi) is 19.0. The van der Waals surface area contributed by atoms with E-state index in [0.717, 1.165) is 5.70 Å². The molecule has 0 aromatic heterocycles. The zero-order valence-corrected chi connectivity index (χ0v) is 38.6. The van der Waals surface area contributed by atoms with Crippen molar-refractivity contribution in [3.8, 4) is 0 Å². The van der Waals surface area contributed by atoms with E-state index in [-0.39, 0.29) is 52.2 Å². The lowest BCUT2D eigenvalue weighted by atomic mass is 9.75. The largest absolute Gasteiger partial charge is 0.748 e. The van der Waals surface area contributed by atoms with E-state index in [1.54, 1.807) is 32.3 Å². The lowest BCUT2D eigenvalue weighted by molar-refractivity contribution is -0.442. The molecule has 2 aliphatic heterocycles. The van der Waals surface area contributed by atoms with Gasteiger partial charge in [0.15, 0.2) is 12.3 Å². The summed E-state index contributed by atoms with van der Waals surface area (Å²) in [6, 6.07) is 8.22. The average molecular weight is 943 g/mol. The fraction of sp³-hybridized carbons (Fsp3) is 0.571. The smallest absolute Gasteiger partial charge is 0.303 e. The van der Waals surface area contributed by atoms with Crippen molar-refractivity contribution < 1.29 is 77.1 Å². The molecule has 0 aliphatic carbocycles. The minimum atomic E-state index is -4.91. The van der Waals surface area contributed by atoms with Gasteiger partial charge in [-0.2, -0.15) is 4.58 Å². The Bertz CT molecular complexity index is 2330. The van der Waals surface area contributed by atoms with Crippen molar-refractivity contribution in [3.05, 3.63) is 71.5 Å². The topological polar surface area (TPSA) is 261 Å². The number of methoxy groups -OCH3 is 2. The summed E-state index contributed by atoms with van der Waals surface area (Å²) < 4.78 is 138. The average Bonchev–Trinajstić information content (AvgIpc) is 3.57. The van der Waals surface area contributed by atoms with Crippen LogP contribution in [0.3, 0.4) is 0 Å². The zero-order chi connectivity index (χ0) is 46.5. The summed E-state index contributed by atoms with van der Waals surface area (Å²) in [5.74, 6) is -1.59. The fourth-order valence-electron chi connectivity index (χ4n) is 8.08. The molecule has 63 heavy (non-hydrogen) atoms. The van der Waals surface area contributed by atoms with Crippen LogP contribution in [0.4, 0.5) is 11.4 Å². The van der Waals surface area contributed by atoms with Crippen LogP contribution in [0.2, 0.25) is 0 Å². The molecule has 2 aromatic rings. The number of aliphatic carboxylic acids is 1. The maximum absolute atomic E-state index is 12.3. The van der Waals surface area contributed by atoms with Gasteiger partial charge in [0.25, 0.3) is 0 Å². The first-order valence-corrected chi connectivity index (χ1v) is 25.0. The SMILES string of the molecule is COCCOCCOCCOCC[N+]1=C(C=CC=C2N(CCCCCC(=O)O)c3ccc(S(=O)(=O)[O-])cc3C2(C)CCOC)C(C)(CCCS(=O)(=O)[O-])c2cc(S(=O)(=O)[O-])ccc21. The number of hydrogen-bond acceptors (Lipinski definition) is 16. The van der Waals surface area contributed by atoms with Crippen molar-refractivity contribution >= 4 is 53.4 Å². The molecule has 0 fully saturated rings. The first kappa shape index (κ1) is 52.0. The van der Waals surface area contributed by atoms with Gasteiger partial charge in [0.1, 0.15) is 26.8 Å². The van der Waals surface area contributed by atoms with E-state index < -0.39 is 62.7 Å². The molecule has 0 bridgehead atoms. The van der Waals surface area contributed by atoms with E-state index in [1.807, 2.05) is 22.5 Å². The molecule has 0 saturated heterocycles. The monoisotopic (exact) mass is 942 g/mol. The predicted molar refractivity (Wildman–Crippen MR) is 229 cm³/mol. The Balaban J connectivity index is 1.80. The van der Waals surface area contributed by atoms with E-state index in [4.69, 9.17) is 23.7 Å². The van der Waals surface area contributed by atoms with Gasteiger partial charge in [-0.05, 0) is 87.9 Å². The number of carboxylic acid groups (broad SMARTS) is 1. The third kappa shape index (κ3) is 14.2. The molecule has 0 radical (unpaired) electrons. The van der Waals surface area contributed by atoms with E-state index in [2.05, 4.69) is 0 Å². The molecule has 2 heterocycles. The molecule has 0 saturated carbocycles. The lowest BCUT2D eigenvalue weighted by Gasteiger charge is -2.30. The van der Waals surface area contributed by atoms with Crippen LogP contribution in [0.5, 0.6) is 0 Å². The van der Waals surface area contributed by atoms with Gasteiger partial charge in [-0.15, -0.1) is 0 Å². The van der Waals surface area contributed by atoms with Crippen LogP contribution in [0.1, 0.15) is 69.9 Å². The van der Waals surface area contributed by atoms with Crippen LogP contribution >= 0.6 is 0 Å². The molecule has 1 N–H and O–H groups in total. The number of nitrogens with zero attached hydrogens (tertiary/aromatic N) is 2. The van der Waals surface area contributed by atoms with Gasteiger partial charge >= 0.3 is 5.97 Å². The van der Waals surface area contributed by atoms with E-state index in [1.165, 1.54) is 37.4 Å². The maximum atomic E-state index is 12.3. The first-order chi connectivity index (χ1) is 29.7. The summed E-state index contributed by atoms with van der Waals surface area (Å²) in [7, 11) is -11.2. The van der Waals surface area contributed by atoms with Crippen LogP contribution in [-0.2, 0) is 69.7 Å². The highest BCUT2D eigenvalue weighted by atomic mass is 32.2. The van der Waals surface area contributed by atoms with Crippen LogP contribution in [-0.4, -0.2) is 146 Å². The van der Waals surface area contributed by atoms with E-state index in [0.29, 0.717) is 86.9 Å². The summed E-state index contributed by atoms with van der Waals surface area (Å²) in [4.78, 5) is 12.3. The molecule has 0 spiro atoms. The molecule has 4 rings (SSSR count). The number of carboxylic acids is 1. The molecule has 18 nitrogen and oxygen atoms in total. The first-order valence-electron chi connectivity index (χ1n) is 20.6. The Hall–Kier alpha value is -3.61. The summed E-state index contributed by atoms with van der Waals surface area (Å²) >= 11 is 0. The number of fused-ring (bicyclic) bond motifs is 2. The minimum Gasteiger partial charge on any atom is -0.748 e. The third-order valence-corrected chi connectivity index (χ3v) is 13.7. The Morgan fingerprint density at radius 1 is 0.730 bits per heavy atom. The second-order valence-corrected chi connectivity index (χ2v) is 20.0. The summed E-state index contributed by atoms with van der Waals surface area (Å²) in [5, 5.41) is 9.18. The van der Waals surface area contributed by atoms with Crippen molar-refractivity contribution in [2.45, 2.75) is 79.4 Å². The van der Waals surface area contributed by atoms with Gasteiger partial charge in [-0.25, -0.2) is 25.3 Å². The quantitative estimate of drug-likeness (QED) is 0.0691. The van der Waals surface area contributed by atoms with Crippen LogP contribution in [0.15, 0.2) is 70.1 Å². The maximum Gasteiger partial charge on any atom is 0.303 e. The highest BCUT2D eigenvalue weighted by molar-refractivity contribution is 7.86. The Labute approximate surface area is 370 Å². The number of benzene rings is 2. The summed E-state index contributed by atoms with van der Waals surface area (Å²) in [6.07, 6.45) is 7.37. The van der Waals surface area contributed by atoms with E-state index >= 15 is 0 Å². The van der Waals surface area contributed by atoms with Gasteiger partial charge in [0.05, 0.1) is 65.0 Å². The second-order valence-electron chi connectivity index (χ2n) is 15.7. The Morgan fingerprint density at radius 3 is 1.90 bits per heavy atom. The molecule has 0 amide bonds. The Morgan fingerprint density at radius 2 is 1.32 bits per heavy atom. The minimum absolute atomic E-state index is 0.00148. The predicted octanol–water partition coefficient (Wildman–Crippen LogP) is 3.77. The number of ether oxygens (including phenoxy) is 5. The van der Waals surface area contributed by atoms with Crippen molar-refractivity contribution in [2.75, 3.05) is 90.8 Å². The number of carbonyl (C=O) groups is 1. The highest BCUT2D eigenvalue weighted by Gasteiger charge is 2.48. The number of allylic oxidation sites excluding steroid dienone is 4. The van der Waals surface area contributed by atoms with Crippen LogP contribution in [0, 0.1) is 0 Å². The molecular weight excluding hydrogens is 885 g/mol. The molecule has 2 aliphatic rings. The van der Waals surface area contributed by atoms with Crippen molar-refractivity contribution in [1.29, 1.82) is 0 Å². The van der Waals surface area contributed by atoms with Gasteiger partial charge in [0, 0.05) is 74.1 Å². The summed E-state index contributed by atoms with van der Waals surface area (Å²) in [5.41, 5.74) is 1.51. The zero-order valence-electron chi connectivity index (χ0n) is 36.1. The van der Waals surface area contributed by atoms with Gasteiger partial charge in [-0.3, -0.25) is 4.79 Å². The summed E-state index contributed by atoms with van der Waals surface area (Å²) in [6.45, 7) is 6.94. The van der Waals surface area contributed by atoms with Crippen LogP contribution in [0.25, 0.3) is 0 Å². The number of anilines is 1. The molecule has 21 heteroatoms. The highest BCUT2D eigenvalue weighted by Crippen LogP contribution is 2.51. The van der Waals surface area contributed by atoms with Crippen LogP contribution < -0.4 is 4.90 Å². The van der Waals surface area contributed by atoms with Crippen molar-refractivity contribution in [1.82, 2.24) is 0 Å². The van der Waals surface area contributed by atoms with Crippen molar-refractivity contribution in [3.63, 3.8) is 0 Å². The van der Waals surface area contributed by atoms with Gasteiger partial charge in [-0.1, -0.05) is 12.5 Å². The molecule has 2 atom stereocenters. The normalized spacial score (nSPS) is 19.7. The molecule has 2 unspecified atom stereocenters. The lowest BCUT2D eigenvalue weighted by Crippen LogP contribution is -2.33. The molecule has 352 valence electrons. The number of unbranched alkanes of at least 4 members (excludes halogenated alkanes) is 2. The molecular formula is C42H58N2O16S3-2. The standard InChI is InChI=1S/C42H60N2O16S3/c1-41(17-9-29-61(47,48)49)34-30-32(62(50,51)52)14-16-37(34)44(20-22-58-25-26-60-28-27-59-24-23-57-4)38(41)10-8-11-39-42(2,18-21-56-3)35-31-33(63(53,54)55)13-15-36(35)43(39)19-7-5-6-12-40(45)46/h8,10-11,13-16,30-31H,5-7,9,12,17-29H2,1-4H3,(H3-,45,46,47,48,49,50,51,52,53,54,55)/p-2. The van der Waals surface area contributed by atoms with Gasteiger partial charge in [0.2, 0.25) is 5.69 Å². The number of hydrogen-bond donors (Lipinski definition) is 1. The second kappa shape index (κ2) is 23.0. The fourth-order valence-corrected chi connectivity index (χ4v) is 9.58. The third-order valence-electron chi connectivity index (χ3n) is 11.3.